The fraction of sp³-hybridized carbons (Fsp3) is 1.00. The van der Waals surface area contributed by atoms with E-state index < -0.39 is 10.0 Å². The van der Waals surface area contributed by atoms with Crippen LogP contribution in [0.1, 0.15) is 39.0 Å². The first kappa shape index (κ1) is 13.3. The second-order valence-corrected chi connectivity index (χ2v) is 7.25. The molecule has 2 heterocycles. The quantitative estimate of drug-likeness (QED) is 0.826. The van der Waals surface area contributed by atoms with E-state index in [0.29, 0.717) is 11.7 Å². The lowest BCUT2D eigenvalue weighted by atomic mass is 10.0. The van der Waals surface area contributed by atoms with Gasteiger partial charge in [0.25, 0.3) is 0 Å². The van der Waals surface area contributed by atoms with Crippen LogP contribution in [0.5, 0.6) is 0 Å². The van der Waals surface area contributed by atoms with Gasteiger partial charge < -0.3 is 5.32 Å². The van der Waals surface area contributed by atoms with Crippen molar-refractivity contribution in [3.63, 3.8) is 0 Å². The molecule has 2 aliphatic rings. The summed E-state index contributed by atoms with van der Waals surface area (Å²) in [7, 11) is -3.02. The maximum absolute atomic E-state index is 12.4. The molecule has 2 rings (SSSR count). The highest BCUT2D eigenvalue weighted by atomic mass is 32.2. The van der Waals surface area contributed by atoms with Crippen molar-refractivity contribution in [3.05, 3.63) is 0 Å². The van der Waals surface area contributed by atoms with Gasteiger partial charge in [0.2, 0.25) is 10.0 Å². The molecule has 1 atom stereocenters. The zero-order valence-electron chi connectivity index (χ0n) is 10.7. The molecule has 0 saturated carbocycles. The molecule has 0 aromatic carbocycles. The average Bonchev–Trinajstić information content (AvgIpc) is 2.78. The van der Waals surface area contributed by atoms with Crippen LogP contribution < -0.4 is 5.32 Å². The minimum atomic E-state index is -3.02. The Labute approximate surface area is 105 Å². The standard InChI is InChI=1S/C12H24N2O2S/c1-2-12-4-3-9-14(12)17(15,16)10-11-5-7-13-8-6-11/h11-13H,2-10H2,1H3. The normalized spacial score (nSPS) is 28.6. The van der Waals surface area contributed by atoms with Crippen molar-refractivity contribution >= 4 is 10.0 Å². The van der Waals surface area contributed by atoms with Gasteiger partial charge in [-0.1, -0.05) is 6.92 Å². The fourth-order valence-electron chi connectivity index (χ4n) is 3.03. The molecular weight excluding hydrogens is 236 g/mol. The van der Waals surface area contributed by atoms with Crippen molar-refractivity contribution in [3.8, 4) is 0 Å². The summed E-state index contributed by atoms with van der Waals surface area (Å²) in [6.45, 7) is 4.77. The van der Waals surface area contributed by atoms with Gasteiger partial charge in [-0.15, -0.1) is 0 Å². The van der Waals surface area contributed by atoms with E-state index in [9.17, 15) is 8.42 Å². The second kappa shape index (κ2) is 5.67. The van der Waals surface area contributed by atoms with Crippen LogP contribution in [0.25, 0.3) is 0 Å². The van der Waals surface area contributed by atoms with Crippen molar-refractivity contribution in [2.45, 2.75) is 45.1 Å². The first-order valence-electron chi connectivity index (χ1n) is 6.83. The molecule has 2 saturated heterocycles. The summed E-state index contributed by atoms with van der Waals surface area (Å²) < 4.78 is 26.5. The van der Waals surface area contributed by atoms with Gasteiger partial charge >= 0.3 is 0 Å². The van der Waals surface area contributed by atoms with Gasteiger partial charge in [-0.2, -0.15) is 4.31 Å². The average molecular weight is 260 g/mol. The number of hydrogen-bond donors (Lipinski definition) is 1. The molecule has 0 bridgehead atoms. The first-order valence-corrected chi connectivity index (χ1v) is 8.44. The monoisotopic (exact) mass is 260 g/mol. The topological polar surface area (TPSA) is 49.4 Å². The van der Waals surface area contributed by atoms with Crippen LogP contribution in [-0.4, -0.2) is 44.2 Å². The van der Waals surface area contributed by atoms with E-state index in [1.54, 1.807) is 4.31 Å². The van der Waals surface area contributed by atoms with Crippen LogP contribution in [0.15, 0.2) is 0 Å². The summed E-state index contributed by atoms with van der Waals surface area (Å²) in [6.07, 6.45) is 5.03. The molecule has 5 heteroatoms. The predicted molar refractivity (Wildman–Crippen MR) is 69.4 cm³/mol. The Morgan fingerprint density at radius 2 is 1.94 bits per heavy atom. The van der Waals surface area contributed by atoms with Crippen molar-refractivity contribution in [1.82, 2.24) is 9.62 Å². The van der Waals surface area contributed by atoms with Crippen molar-refractivity contribution in [1.29, 1.82) is 0 Å². The second-order valence-electron chi connectivity index (χ2n) is 5.29. The molecule has 2 aliphatic heterocycles. The minimum Gasteiger partial charge on any atom is -0.317 e. The first-order chi connectivity index (χ1) is 8.13. The van der Waals surface area contributed by atoms with E-state index in [2.05, 4.69) is 12.2 Å². The van der Waals surface area contributed by atoms with Gasteiger partial charge in [0.1, 0.15) is 0 Å². The lowest BCUT2D eigenvalue weighted by molar-refractivity contribution is 0.359. The van der Waals surface area contributed by atoms with Crippen LogP contribution in [-0.2, 0) is 10.0 Å². The lowest BCUT2D eigenvalue weighted by Crippen LogP contribution is -2.40. The number of nitrogens with zero attached hydrogens (tertiary/aromatic N) is 1. The summed E-state index contributed by atoms with van der Waals surface area (Å²) in [6, 6.07) is 0.265. The number of nitrogens with one attached hydrogen (secondary N) is 1. The van der Waals surface area contributed by atoms with E-state index in [-0.39, 0.29) is 6.04 Å². The molecule has 100 valence electrons. The van der Waals surface area contributed by atoms with Crippen LogP contribution in [0.4, 0.5) is 0 Å². The highest BCUT2D eigenvalue weighted by Crippen LogP contribution is 2.26. The fourth-order valence-corrected chi connectivity index (χ4v) is 5.26. The SMILES string of the molecule is CCC1CCCN1S(=O)(=O)CC1CCNCC1. The van der Waals surface area contributed by atoms with E-state index in [1.807, 2.05) is 0 Å². The third-order valence-electron chi connectivity index (χ3n) is 4.06. The minimum absolute atomic E-state index is 0.265. The van der Waals surface area contributed by atoms with Crippen LogP contribution >= 0.6 is 0 Å². The van der Waals surface area contributed by atoms with E-state index in [0.717, 1.165) is 51.7 Å². The molecule has 17 heavy (non-hydrogen) atoms. The van der Waals surface area contributed by atoms with Gasteiger partial charge in [-0.25, -0.2) is 8.42 Å². The number of rotatable bonds is 4. The number of sulfonamides is 1. The third-order valence-corrected chi connectivity index (χ3v) is 6.14. The predicted octanol–water partition coefficient (Wildman–Crippen LogP) is 1.19. The Balaban J connectivity index is 1.97. The molecule has 2 fully saturated rings. The molecule has 1 N–H and O–H groups in total. The molecule has 1 unspecified atom stereocenters. The Morgan fingerprint density at radius 3 is 2.59 bits per heavy atom. The third kappa shape index (κ3) is 3.20. The largest absolute Gasteiger partial charge is 0.317 e. The van der Waals surface area contributed by atoms with Crippen LogP contribution in [0, 0.1) is 5.92 Å². The van der Waals surface area contributed by atoms with E-state index >= 15 is 0 Å². The highest BCUT2D eigenvalue weighted by Gasteiger charge is 2.34. The van der Waals surface area contributed by atoms with Crippen LogP contribution in [0.3, 0.4) is 0 Å². The van der Waals surface area contributed by atoms with Crippen molar-refractivity contribution in [2.75, 3.05) is 25.4 Å². The Hall–Kier alpha value is -0.130. The lowest BCUT2D eigenvalue weighted by Gasteiger charge is -2.27. The zero-order valence-corrected chi connectivity index (χ0v) is 11.5. The smallest absolute Gasteiger partial charge is 0.214 e. The number of hydrogen-bond acceptors (Lipinski definition) is 3. The summed E-state index contributed by atoms with van der Waals surface area (Å²) >= 11 is 0. The molecule has 0 amide bonds. The molecule has 0 aliphatic carbocycles. The van der Waals surface area contributed by atoms with Gasteiger partial charge in [0.05, 0.1) is 5.75 Å². The number of piperidine rings is 1. The van der Waals surface area contributed by atoms with Gasteiger partial charge in [0, 0.05) is 12.6 Å². The zero-order chi connectivity index (χ0) is 12.3. The molecule has 0 aromatic rings. The molecule has 0 radical (unpaired) electrons. The summed E-state index contributed by atoms with van der Waals surface area (Å²) in [5, 5.41) is 3.28. The van der Waals surface area contributed by atoms with E-state index in [1.165, 1.54) is 0 Å². The molecule has 4 nitrogen and oxygen atoms in total. The molecular formula is C12H24N2O2S. The summed E-state index contributed by atoms with van der Waals surface area (Å²) in [4.78, 5) is 0. The summed E-state index contributed by atoms with van der Waals surface area (Å²) in [5.74, 6) is 0.727. The molecule has 0 spiro atoms. The van der Waals surface area contributed by atoms with Crippen molar-refractivity contribution in [2.24, 2.45) is 5.92 Å². The molecule has 0 aromatic heterocycles. The van der Waals surface area contributed by atoms with Crippen molar-refractivity contribution < 1.29 is 8.42 Å². The van der Waals surface area contributed by atoms with Gasteiger partial charge in [-0.3, -0.25) is 0 Å². The Morgan fingerprint density at radius 1 is 1.24 bits per heavy atom. The van der Waals surface area contributed by atoms with Crippen LogP contribution in [0.2, 0.25) is 0 Å². The maximum Gasteiger partial charge on any atom is 0.214 e. The Bertz CT molecular complexity index is 336. The highest BCUT2D eigenvalue weighted by molar-refractivity contribution is 7.89. The maximum atomic E-state index is 12.4. The Kier molecular flexibility index (Phi) is 4.44. The summed E-state index contributed by atoms with van der Waals surface area (Å²) in [5.41, 5.74) is 0. The van der Waals surface area contributed by atoms with Gasteiger partial charge in [0.15, 0.2) is 0 Å². The van der Waals surface area contributed by atoms with E-state index in [4.69, 9.17) is 0 Å². The van der Waals surface area contributed by atoms with Gasteiger partial charge in [-0.05, 0) is 51.1 Å².